The van der Waals surface area contributed by atoms with Gasteiger partial charge in [0.1, 0.15) is 12.4 Å². The summed E-state index contributed by atoms with van der Waals surface area (Å²) in [5.74, 6) is 1.12. The maximum absolute atomic E-state index is 13.3. The second-order valence-corrected chi connectivity index (χ2v) is 10.2. The summed E-state index contributed by atoms with van der Waals surface area (Å²) in [6.45, 7) is 4.45. The largest absolute Gasteiger partial charge is 0.493 e. The Balaban J connectivity index is 1.44. The molecule has 212 valence electrons. The Morgan fingerprint density at radius 3 is 2.66 bits per heavy atom. The van der Waals surface area contributed by atoms with E-state index in [1.165, 1.54) is 11.8 Å². The second-order valence-electron chi connectivity index (χ2n) is 9.33. The van der Waals surface area contributed by atoms with Crippen LogP contribution in [0.2, 0.25) is 0 Å². The van der Waals surface area contributed by atoms with Crippen molar-refractivity contribution in [2.24, 2.45) is 4.99 Å². The van der Waals surface area contributed by atoms with Gasteiger partial charge in [0.15, 0.2) is 16.7 Å². The maximum atomic E-state index is 13.3. The van der Waals surface area contributed by atoms with Crippen molar-refractivity contribution in [3.63, 3.8) is 0 Å². The average Bonchev–Trinajstić information content (AvgIpc) is 3.65. The quantitative estimate of drug-likeness (QED) is 0.291. The Kier molecular flexibility index (Phi) is 8.79. The Labute approximate surface area is 242 Å². The molecular weight excluding hydrogens is 542 g/mol. The van der Waals surface area contributed by atoms with Crippen LogP contribution in [0.5, 0.6) is 11.5 Å². The molecule has 1 amide bonds. The molecule has 1 aromatic heterocycles. The van der Waals surface area contributed by atoms with E-state index in [0.717, 1.165) is 11.1 Å². The minimum absolute atomic E-state index is 0.0911. The summed E-state index contributed by atoms with van der Waals surface area (Å²) in [5.41, 5.74) is 3.48. The zero-order valence-electron chi connectivity index (χ0n) is 23.1. The number of nitrogens with zero attached hydrogens (tertiary/aromatic N) is 2. The number of fused-ring (bicyclic) bond motifs is 1. The van der Waals surface area contributed by atoms with E-state index in [2.05, 4.69) is 5.32 Å². The summed E-state index contributed by atoms with van der Waals surface area (Å²) in [7, 11) is 1.58. The molecule has 3 heterocycles. The molecule has 10 heteroatoms. The molecule has 2 aliphatic rings. The fourth-order valence-corrected chi connectivity index (χ4v) is 5.65. The smallest absolute Gasteiger partial charge is 0.338 e. The molecule has 0 aliphatic carbocycles. The van der Waals surface area contributed by atoms with Crippen LogP contribution >= 0.6 is 11.8 Å². The summed E-state index contributed by atoms with van der Waals surface area (Å²) in [4.78, 5) is 32.8. The highest BCUT2D eigenvalue weighted by Crippen LogP contribution is 2.46. The lowest BCUT2D eigenvalue weighted by Gasteiger charge is -2.36. The van der Waals surface area contributed by atoms with Crippen LogP contribution in [0, 0.1) is 0 Å². The van der Waals surface area contributed by atoms with Gasteiger partial charge in [-0.2, -0.15) is 0 Å². The number of rotatable bonds is 11. The molecule has 1 N–H and O–H groups in total. The van der Waals surface area contributed by atoms with Crippen LogP contribution in [0.25, 0.3) is 0 Å². The predicted octanol–water partition coefficient (Wildman–Crippen LogP) is 5.71. The van der Waals surface area contributed by atoms with Gasteiger partial charge in [0.05, 0.1) is 50.3 Å². The number of ether oxygens (including phenoxy) is 3. The van der Waals surface area contributed by atoms with Gasteiger partial charge in [0.25, 0.3) is 0 Å². The van der Waals surface area contributed by atoms with Crippen LogP contribution in [0.15, 0.2) is 98.7 Å². The standard InChI is InChI=1S/C31H31N3O6S/c1-4-38-30(36)28-20(2)33-31-34(23(19-41-31)16-27(35)32-17-24-11-8-14-39-24)29(28)22-12-13-25(26(15-22)37-3)40-18-21-9-6-5-7-10-21/h5-15,19,29H,4,16-18H2,1-3H3,(H,32,35). The SMILES string of the molecule is CCOC(=O)C1=C(C)N=C2SC=C(CC(=O)NCc3ccco3)N2C1c1ccc(OCc2ccccc2)c(OC)c1. The molecule has 41 heavy (non-hydrogen) atoms. The molecule has 0 saturated carbocycles. The molecule has 2 aliphatic heterocycles. The van der Waals surface area contributed by atoms with E-state index in [4.69, 9.17) is 23.6 Å². The lowest BCUT2D eigenvalue weighted by molar-refractivity contribution is -0.139. The van der Waals surface area contributed by atoms with Gasteiger partial charge >= 0.3 is 5.97 Å². The molecule has 0 saturated heterocycles. The Morgan fingerprint density at radius 2 is 1.93 bits per heavy atom. The zero-order valence-corrected chi connectivity index (χ0v) is 23.9. The number of amides is 1. The third-order valence-electron chi connectivity index (χ3n) is 6.62. The first-order chi connectivity index (χ1) is 20.0. The molecule has 9 nitrogen and oxygen atoms in total. The van der Waals surface area contributed by atoms with E-state index in [0.29, 0.717) is 46.0 Å². The molecule has 0 spiro atoms. The van der Waals surface area contributed by atoms with Gasteiger partial charge in [0.2, 0.25) is 5.91 Å². The first-order valence-corrected chi connectivity index (χ1v) is 14.1. The molecule has 3 aromatic rings. The number of allylic oxidation sites excluding steroid dienone is 1. The van der Waals surface area contributed by atoms with Gasteiger partial charge in [-0.3, -0.25) is 4.79 Å². The third-order valence-corrected chi connectivity index (χ3v) is 7.51. The van der Waals surface area contributed by atoms with Crippen LogP contribution in [-0.2, 0) is 27.5 Å². The molecule has 5 rings (SSSR count). The Morgan fingerprint density at radius 1 is 1.10 bits per heavy atom. The van der Waals surface area contributed by atoms with Crippen LogP contribution in [0.3, 0.4) is 0 Å². The van der Waals surface area contributed by atoms with Crippen molar-refractivity contribution in [2.45, 2.75) is 39.5 Å². The number of aliphatic imine (C=N–C) groups is 1. The maximum Gasteiger partial charge on any atom is 0.338 e. The Bertz CT molecular complexity index is 1500. The van der Waals surface area contributed by atoms with E-state index >= 15 is 0 Å². The van der Waals surface area contributed by atoms with E-state index in [1.54, 1.807) is 39.4 Å². The van der Waals surface area contributed by atoms with Crippen LogP contribution in [0.1, 0.15) is 43.2 Å². The summed E-state index contributed by atoms with van der Waals surface area (Å²) < 4.78 is 22.5. The molecule has 0 bridgehead atoms. The molecular formula is C31H31N3O6S. The van der Waals surface area contributed by atoms with Crippen molar-refractivity contribution in [3.05, 3.63) is 106 Å². The minimum atomic E-state index is -0.585. The van der Waals surface area contributed by atoms with Crippen LogP contribution in [-0.4, -0.2) is 35.7 Å². The number of carbonyl (C=O) groups excluding carboxylic acids is 2. The number of amidine groups is 1. The third kappa shape index (κ3) is 6.33. The predicted molar refractivity (Wildman–Crippen MR) is 156 cm³/mol. The summed E-state index contributed by atoms with van der Waals surface area (Å²) >= 11 is 1.41. The van der Waals surface area contributed by atoms with Gasteiger partial charge in [-0.1, -0.05) is 48.2 Å². The van der Waals surface area contributed by atoms with Crippen molar-refractivity contribution >= 4 is 28.8 Å². The van der Waals surface area contributed by atoms with E-state index in [9.17, 15) is 9.59 Å². The topological polar surface area (TPSA) is 103 Å². The van der Waals surface area contributed by atoms with Gasteiger partial charge in [0, 0.05) is 5.70 Å². The highest BCUT2D eigenvalue weighted by Gasteiger charge is 2.41. The lowest BCUT2D eigenvalue weighted by Crippen LogP contribution is -2.38. The number of carbonyl (C=O) groups is 2. The molecule has 0 fully saturated rings. The number of methoxy groups -OCH3 is 1. The zero-order chi connectivity index (χ0) is 28.8. The van der Waals surface area contributed by atoms with Gasteiger partial charge < -0.3 is 28.8 Å². The van der Waals surface area contributed by atoms with E-state index in [-0.39, 0.29) is 25.5 Å². The first-order valence-electron chi connectivity index (χ1n) is 13.2. The fourth-order valence-electron chi connectivity index (χ4n) is 4.69. The molecule has 1 unspecified atom stereocenters. The summed E-state index contributed by atoms with van der Waals surface area (Å²) in [6, 6.07) is 18.5. The fraction of sp³-hybridized carbons (Fsp3) is 0.258. The number of hydrogen-bond donors (Lipinski definition) is 1. The highest BCUT2D eigenvalue weighted by molar-refractivity contribution is 8.16. The van der Waals surface area contributed by atoms with Crippen molar-refractivity contribution in [2.75, 3.05) is 13.7 Å². The van der Waals surface area contributed by atoms with Crippen LogP contribution in [0.4, 0.5) is 0 Å². The van der Waals surface area contributed by atoms with Crippen molar-refractivity contribution < 1.29 is 28.2 Å². The molecule has 2 aromatic carbocycles. The number of benzene rings is 2. The van der Waals surface area contributed by atoms with Crippen molar-refractivity contribution in [3.8, 4) is 11.5 Å². The minimum Gasteiger partial charge on any atom is -0.493 e. The van der Waals surface area contributed by atoms with Crippen molar-refractivity contribution in [1.82, 2.24) is 10.2 Å². The monoisotopic (exact) mass is 573 g/mol. The van der Waals surface area contributed by atoms with Crippen LogP contribution < -0.4 is 14.8 Å². The van der Waals surface area contributed by atoms with E-state index < -0.39 is 12.0 Å². The molecule has 1 atom stereocenters. The average molecular weight is 574 g/mol. The summed E-state index contributed by atoms with van der Waals surface area (Å²) in [5, 5.41) is 5.46. The number of nitrogens with one attached hydrogen (secondary N) is 1. The van der Waals surface area contributed by atoms with E-state index in [1.807, 2.05) is 58.8 Å². The second kappa shape index (κ2) is 12.8. The summed E-state index contributed by atoms with van der Waals surface area (Å²) in [6.07, 6.45) is 1.66. The lowest BCUT2D eigenvalue weighted by atomic mass is 9.93. The molecule has 0 radical (unpaired) electrons. The van der Waals surface area contributed by atoms with Gasteiger partial charge in [-0.25, -0.2) is 9.79 Å². The van der Waals surface area contributed by atoms with Gasteiger partial charge in [-0.05, 0) is 54.6 Å². The van der Waals surface area contributed by atoms with Crippen molar-refractivity contribution in [1.29, 1.82) is 0 Å². The number of esters is 1. The Hall–Kier alpha value is -4.44. The highest BCUT2D eigenvalue weighted by atomic mass is 32.2. The van der Waals surface area contributed by atoms with Gasteiger partial charge in [-0.15, -0.1) is 0 Å². The number of hydrogen-bond acceptors (Lipinski definition) is 9. The first kappa shape index (κ1) is 28.1. The number of furan rings is 1. The normalized spacial score (nSPS) is 16.1. The number of thioether (sulfide) groups is 1.